The minimum Gasteiger partial charge on any atom is -0.370 e. The Morgan fingerprint density at radius 2 is 2.05 bits per heavy atom. The van der Waals surface area contributed by atoms with Gasteiger partial charge in [0.25, 0.3) is 0 Å². The van der Waals surface area contributed by atoms with Gasteiger partial charge in [-0.1, -0.05) is 18.2 Å². The van der Waals surface area contributed by atoms with Crippen LogP contribution in [0.15, 0.2) is 24.3 Å². The number of halogens is 3. The van der Waals surface area contributed by atoms with Gasteiger partial charge in [-0.3, -0.25) is 0 Å². The second-order valence-corrected chi connectivity index (χ2v) is 4.46. The van der Waals surface area contributed by atoms with E-state index in [0.717, 1.165) is 30.9 Å². The Bertz CT molecular complexity index is 409. The zero-order valence-electron chi connectivity index (χ0n) is 10.5. The SMILES string of the molecule is FC(F)(F)COCCN1CCNCc2ccccc21. The summed E-state index contributed by atoms with van der Waals surface area (Å²) in [6.07, 6.45) is -4.25. The van der Waals surface area contributed by atoms with Crippen molar-refractivity contribution in [1.82, 2.24) is 5.32 Å². The molecule has 19 heavy (non-hydrogen) atoms. The highest BCUT2D eigenvalue weighted by Gasteiger charge is 2.27. The Labute approximate surface area is 110 Å². The van der Waals surface area contributed by atoms with Crippen LogP contribution in [0.3, 0.4) is 0 Å². The van der Waals surface area contributed by atoms with Gasteiger partial charge in [-0.15, -0.1) is 0 Å². The summed E-state index contributed by atoms with van der Waals surface area (Å²) in [6, 6.07) is 7.92. The predicted octanol–water partition coefficient (Wildman–Crippen LogP) is 2.18. The first-order chi connectivity index (χ1) is 9.06. The lowest BCUT2D eigenvalue weighted by Crippen LogP contribution is -2.32. The number of benzene rings is 1. The molecule has 0 radical (unpaired) electrons. The smallest absolute Gasteiger partial charge is 0.370 e. The van der Waals surface area contributed by atoms with Gasteiger partial charge in [0, 0.05) is 31.9 Å². The lowest BCUT2D eigenvalue weighted by atomic mass is 10.1. The third-order valence-electron chi connectivity index (χ3n) is 2.98. The van der Waals surface area contributed by atoms with Crippen LogP contribution in [0.1, 0.15) is 5.56 Å². The molecule has 6 heteroatoms. The number of alkyl halides is 3. The van der Waals surface area contributed by atoms with Crippen molar-refractivity contribution in [2.24, 2.45) is 0 Å². The Balaban J connectivity index is 1.90. The van der Waals surface area contributed by atoms with Gasteiger partial charge in [-0.05, 0) is 11.6 Å². The summed E-state index contributed by atoms with van der Waals surface area (Å²) in [5.74, 6) is 0. The Kier molecular flexibility index (Phi) is 4.66. The van der Waals surface area contributed by atoms with Crippen LogP contribution in [0.4, 0.5) is 18.9 Å². The van der Waals surface area contributed by atoms with Gasteiger partial charge in [0.1, 0.15) is 6.61 Å². The van der Waals surface area contributed by atoms with Gasteiger partial charge in [0.05, 0.1) is 6.61 Å². The van der Waals surface area contributed by atoms with Crippen LogP contribution in [0, 0.1) is 0 Å². The van der Waals surface area contributed by atoms with E-state index in [2.05, 4.69) is 15.0 Å². The maximum atomic E-state index is 12.0. The molecule has 1 aromatic carbocycles. The number of hydrogen-bond acceptors (Lipinski definition) is 3. The molecule has 3 nitrogen and oxygen atoms in total. The second kappa shape index (κ2) is 6.25. The van der Waals surface area contributed by atoms with Gasteiger partial charge in [0.2, 0.25) is 0 Å². The zero-order valence-corrected chi connectivity index (χ0v) is 10.5. The molecule has 1 N–H and O–H groups in total. The minimum atomic E-state index is -4.25. The largest absolute Gasteiger partial charge is 0.411 e. The molecule has 1 aliphatic heterocycles. The number of para-hydroxylation sites is 1. The molecule has 0 aliphatic carbocycles. The average Bonchev–Trinajstić information content (AvgIpc) is 2.56. The molecule has 0 amide bonds. The molecule has 0 spiro atoms. The summed E-state index contributed by atoms with van der Waals surface area (Å²) in [5, 5.41) is 3.29. The molecule has 1 aliphatic rings. The normalized spacial score (nSPS) is 16.1. The first-order valence-corrected chi connectivity index (χ1v) is 6.24. The molecule has 0 fully saturated rings. The van der Waals surface area contributed by atoms with Crippen LogP contribution in [-0.2, 0) is 11.3 Å². The molecule has 0 saturated carbocycles. The van der Waals surface area contributed by atoms with Gasteiger partial charge in [-0.2, -0.15) is 13.2 Å². The number of hydrogen-bond donors (Lipinski definition) is 1. The summed E-state index contributed by atoms with van der Waals surface area (Å²) in [6.45, 7) is 1.74. The molecule has 1 heterocycles. The first kappa shape index (κ1) is 14.1. The van der Waals surface area contributed by atoms with Crippen LogP contribution in [-0.4, -0.2) is 39.0 Å². The number of nitrogens with one attached hydrogen (secondary N) is 1. The van der Waals surface area contributed by atoms with Crippen LogP contribution in [0.5, 0.6) is 0 Å². The van der Waals surface area contributed by atoms with Crippen LogP contribution in [0.25, 0.3) is 0 Å². The fourth-order valence-electron chi connectivity index (χ4n) is 2.12. The molecule has 0 bridgehead atoms. The quantitative estimate of drug-likeness (QED) is 0.852. The number of anilines is 1. The van der Waals surface area contributed by atoms with Crippen molar-refractivity contribution >= 4 is 5.69 Å². The number of rotatable bonds is 4. The van der Waals surface area contributed by atoms with Crippen molar-refractivity contribution in [1.29, 1.82) is 0 Å². The Morgan fingerprint density at radius 1 is 1.26 bits per heavy atom. The number of ether oxygens (including phenoxy) is 1. The van der Waals surface area contributed by atoms with Crippen LogP contribution < -0.4 is 10.2 Å². The Morgan fingerprint density at radius 3 is 2.84 bits per heavy atom. The molecular formula is C13H17F3N2O. The lowest BCUT2D eigenvalue weighted by Gasteiger charge is -2.24. The monoisotopic (exact) mass is 274 g/mol. The van der Waals surface area contributed by atoms with E-state index in [4.69, 9.17) is 0 Å². The zero-order chi connectivity index (χ0) is 13.7. The van der Waals surface area contributed by atoms with E-state index in [1.54, 1.807) is 0 Å². The molecule has 106 valence electrons. The van der Waals surface area contributed by atoms with E-state index in [1.807, 2.05) is 24.3 Å². The third kappa shape index (κ3) is 4.40. The summed E-state index contributed by atoms with van der Waals surface area (Å²) in [7, 11) is 0. The molecular weight excluding hydrogens is 257 g/mol. The summed E-state index contributed by atoms with van der Waals surface area (Å²) in [5.41, 5.74) is 2.24. The standard InChI is InChI=1S/C13H17F3N2O/c14-13(15,16)10-19-8-7-18-6-5-17-9-11-3-1-2-4-12(11)18/h1-4,17H,5-10H2. The second-order valence-electron chi connectivity index (χ2n) is 4.46. The van der Waals surface area contributed by atoms with Crippen LogP contribution >= 0.6 is 0 Å². The summed E-state index contributed by atoms with van der Waals surface area (Å²) in [4.78, 5) is 2.06. The van der Waals surface area contributed by atoms with Gasteiger partial charge in [0.15, 0.2) is 0 Å². The molecule has 0 unspecified atom stereocenters. The van der Waals surface area contributed by atoms with Crippen molar-refractivity contribution in [2.75, 3.05) is 37.7 Å². The fraction of sp³-hybridized carbons (Fsp3) is 0.538. The topological polar surface area (TPSA) is 24.5 Å². The van der Waals surface area contributed by atoms with Gasteiger partial charge in [-0.25, -0.2) is 0 Å². The summed E-state index contributed by atoms with van der Waals surface area (Å²) >= 11 is 0. The van der Waals surface area contributed by atoms with E-state index in [0.29, 0.717) is 6.54 Å². The maximum Gasteiger partial charge on any atom is 0.411 e. The van der Waals surface area contributed by atoms with E-state index in [1.165, 1.54) is 0 Å². The molecule has 1 aromatic rings. The van der Waals surface area contributed by atoms with Crippen LogP contribution in [0.2, 0.25) is 0 Å². The highest BCUT2D eigenvalue weighted by molar-refractivity contribution is 5.54. The molecule has 0 saturated heterocycles. The molecule has 2 rings (SSSR count). The lowest BCUT2D eigenvalue weighted by molar-refractivity contribution is -0.173. The highest BCUT2D eigenvalue weighted by Crippen LogP contribution is 2.21. The van der Waals surface area contributed by atoms with E-state index >= 15 is 0 Å². The van der Waals surface area contributed by atoms with Crippen molar-refractivity contribution in [3.63, 3.8) is 0 Å². The first-order valence-electron chi connectivity index (χ1n) is 6.24. The third-order valence-corrected chi connectivity index (χ3v) is 2.98. The average molecular weight is 274 g/mol. The predicted molar refractivity (Wildman–Crippen MR) is 67.2 cm³/mol. The maximum absolute atomic E-state index is 12.0. The fourth-order valence-corrected chi connectivity index (χ4v) is 2.12. The minimum absolute atomic E-state index is 0.0772. The van der Waals surface area contributed by atoms with Gasteiger partial charge < -0.3 is 15.0 Å². The van der Waals surface area contributed by atoms with E-state index < -0.39 is 12.8 Å². The Hall–Kier alpha value is -1.27. The number of fused-ring (bicyclic) bond motifs is 1. The number of nitrogens with zero attached hydrogens (tertiary/aromatic N) is 1. The van der Waals surface area contributed by atoms with E-state index in [9.17, 15) is 13.2 Å². The van der Waals surface area contributed by atoms with Crippen molar-refractivity contribution in [3.05, 3.63) is 29.8 Å². The van der Waals surface area contributed by atoms with Gasteiger partial charge >= 0.3 is 6.18 Å². The van der Waals surface area contributed by atoms with Crippen molar-refractivity contribution in [3.8, 4) is 0 Å². The van der Waals surface area contributed by atoms with E-state index in [-0.39, 0.29) is 6.61 Å². The summed E-state index contributed by atoms with van der Waals surface area (Å²) < 4.78 is 40.6. The van der Waals surface area contributed by atoms with Crippen molar-refractivity contribution < 1.29 is 17.9 Å². The molecule has 0 aromatic heterocycles. The highest BCUT2D eigenvalue weighted by atomic mass is 19.4. The molecule has 0 atom stereocenters. The van der Waals surface area contributed by atoms with Crippen molar-refractivity contribution in [2.45, 2.75) is 12.7 Å².